The van der Waals surface area contributed by atoms with Crippen molar-refractivity contribution >= 4 is 35.9 Å². The number of hydrogen-bond donors (Lipinski definition) is 5. The van der Waals surface area contributed by atoms with E-state index in [1.165, 1.54) is 6.92 Å². The summed E-state index contributed by atoms with van der Waals surface area (Å²) in [4.78, 5) is 74.5. The Morgan fingerprint density at radius 3 is 1.96 bits per heavy atom. The van der Waals surface area contributed by atoms with Gasteiger partial charge in [0.25, 0.3) is 5.91 Å². The van der Waals surface area contributed by atoms with E-state index in [-0.39, 0.29) is 24.9 Å². The van der Waals surface area contributed by atoms with Crippen LogP contribution < -0.4 is 27.0 Å². The summed E-state index contributed by atoms with van der Waals surface area (Å²) >= 11 is 0. The minimum absolute atomic E-state index is 0.0685. The molecular formula is C36H49N5O9. The maximum absolute atomic E-state index is 13.1. The fourth-order valence-electron chi connectivity index (χ4n) is 5.43. The predicted molar refractivity (Wildman–Crippen MR) is 185 cm³/mol. The van der Waals surface area contributed by atoms with E-state index in [0.29, 0.717) is 19.4 Å². The number of nitrogens with one attached hydrogen (secondary N) is 4. The lowest BCUT2D eigenvalue weighted by Gasteiger charge is -2.24. The second-order valence-electron chi connectivity index (χ2n) is 13.5. The zero-order chi connectivity index (χ0) is 37.0. The number of alkyl carbamates (subject to hydrolysis) is 2. The molecule has 0 bridgehead atoms. The van der Waals surface area contributed by atoms with Crippen molar-refractivity contribution in [3.63, 3.8) is 0 Å². The number of hydrogen-bond acceptors (Lipinski definition) is 9. The molecule has 14 nitrogen and oxygen atoms in total. The molecule has 1 aliphatic carbocycles. The summed E-state index contributed by atoms with van der Waals surface area (Å²) in [7, 11) is 0. The van der Waals surface area contributed by atoms with Crippen LogP contribution in [-0.2, 0) is 33.4 Å². The Kier molecular flexibility index (Phi) is 14.2. The smallest absolute Gasteiger partial charge is 0.407 e. The monoisotopic (exact) mass is 695 g/mol. The van der Waals surface area contributed by atoms with E-state index >= 15 is 0 Å². The highest BCUT2D eigenvalue weighted by molar-refractivity contribution is 5.91. The van der Waals surface area contributed by atoms with Gasteiger partial charge in [-0.15, -0.1) is 0 Å². The van der Waals surface area contributed by atoms with Crippen molar-refractivity contribution in [2.75, 3.05) is 19.8 Å². The molecule has 0 spiro atoms. The summed E-state index contributed by atoms with van der Waals surface area (Å²) in [5, 5.41) is 10.1. The van der Waals surface area contributed by atoms with Crippen LogP contribution in [0.2, 0.25) is 0 Å². The number of unbranched alkanes of at least 4 members (excludes halogenated alkanes) is 1. The van der Waals surface area contributed by atoms with Crippen LogP contribution in [0.15, 0.2) is 48.5 Å². The molecule has 2 aromatic carbocycles. The van der Waals surface area contributed by atoms with Crippen LogP contribution >= 0.6 is 0 Å². The van der Waals surface area contributed by atoms with Crippen LogP contribution in [0.1, 0.15) is 77.8 Å². The molecule has 1 aliphatic rings. The van der Waals surface area contributed by atoms with Crippen molar-refractivity contribution in [3.8, 4) is 11.1 Å². The Balaban J connectivity index is 1.42. The topological polar surface area (TPSA) is 204 Å². The molecule has 3 atom stereocenters. The van der Waals surface area contributed by atoms with Crippen molar-refractivity contribution in [1.29, 1.82) is 0 Å². The summed E-state index contributed by atoms with van der Waals surface area (Å²) in [6, 6.07) is 12.7. The van der Waals surface area contributed by atoms with Crippen LogP contribution in [0.3, 0.4) is 0 Å². The van der Waals surface area contributed by atoms with Gasteiger partial charge >= 0.3 is 18.2 Å². The lowest BCUT2D eigenvalue weighted by Crippen LogP contribution is -2.53. The number of esters is 1. The first-order chi connectivity index (χ1) is 23.6. The van der Waals surface area contributed by atoms with Crippen molar-refractivity contribution in [2.45, 2.75) is 90.4 Å². The third-order valence-electron chi connectivity index (χ3n) is 7.89. The van der Waals surface area contributed by atoms with Gasteiger partial charge in [-0.2, -0.15) is 0 Å². The van der Waals surface area contributed by atoms with Gasteiger partial charge in [0.15, 0.2) is 6.61 Å². The first-order valence-corrected chi connectivity index (χ1v) is 16.7. The van der Waals surface area contributed by atoms with E-state index in [0.717, 1.165) is 22.3 Å². The molecule has 0 unspecified atom stereocenters. The van der Waals surface area contributed by atoms with Gasteiger partial charge < -0.3 is 41.2 Å². The molecule has 50 heavy (non-hydrogen) atoms. The Morgan fingerprint density at radius 2 is 1.40 bits per heavy atom. The fourth-order valence-corrected chi connectivity index (χ4v) is 5.43. The number of ether oxygens (including phenoxy) is 3. The van der Waals surface area contributed by atoms with Gasteiger partial charge in [-0.1, -0.05) is 62.4 Å². The molecule has 272 valence electrons. The zero-order valence-electron chi connectivity index (χ0n) is 29.5. The summed E-state index contributed by atoms with van der Waals surface area (Å²) in [5.74, 6) is -3.59. The molecule has 0 radical (unpaired) electrons. The normalized spacial score (nSPS) is 13.9. The van der Waals surface area contributed by atoms with Gasteiger partial charge in [-0.3, -0.25) is 14.4 Å². The number of rotatable bonds is 16. The van der Waals surface area contributed by atoms with Gasteiger partial charge in [0.2, 0.25) is 11.8 Å². The number of carbonyl (C=O) groups is 6. The first kappa shape index (κ1) is 39.3. The second kappa shape index (κ2) is 18.0. The highest BCUT2D eigenvalue weighted by Gasteiger charge is 2.31. The number of nitrogens with two attached hydrogens (primary N) is 1. The SMILES string of the molecule is CC(C)[C@H](NC(=O)OCC1c2ccccc2-c2ccccc21)C(=O)N[C@@H](C)C(=O)OCC(=O)N[C@@H](CCCCNC(=O)OC(C)(C)C)C(N)=O. The molecule has 0 saturated carbocycles. The number of primary amides is 1. The lowest BCUT2D eigenvalue weighted by molar-refractivity contribution is -0.151. The third-order valence-corrected chi connectivity index (χ3v) is 7.89. The Bertz CT molecular complexity index is 1490. The maximum Gasteiger partial charge on any atom is 0.407 e. The van der Waals surface area contributed by atoms with E-state index < -0.39 is 66.2 Å². The number of amides is 5. The standard InChI is InChI=1S/C36H49N5O9/c1-21(2)30(41-35(47)49-19-27-25-15-9-7-13-23(25)24-14-8-10-16-26(24)27)32(44)39-22(3)33(45)48-20-29(42)40-28(31(37)43)17-11-12-18-38-34(46)50-36(4,5)6/h7-10,13-16,21-22,27-28,30H,11-12,17-20H2,1-6H3,(H2,37,43)(H,38,46)(H,39,44)(H,40,42)(H,41,47)/t22-,28-,30-/m0/s1. The Labute approximate surface area is 292 Å². The lowest BCUT2D eigenvalue weighted by atomic mass is 9.98. The Hall–Kier alpha value is -5.14. The fraction of sp³-hybridized carbons (Fsp3) is 0.500. The molecule has 0 heterocycles. The van der Waals surface area contributed by atoms with E-state index in [1.807, 2.05) is 48.5 Å². The highest BCUT2D eigenvalue weighted by atomic mass is 16.6. The third kappa shape index (κ3) is 11.8. The molecular weight excluding hydrogens is 646 g/mol. The molecule has 0 aromatic heterocycles. The minimum Gasteiger partial charge on any atom is -0.454 e. The maximum atomic E-state index is 13.1. The van der Waals surface area contributed by atoms with Crippen LogP contribution in [-0.4, -0.2) is 79.4 Å². The molecule has 6 N–H and O–H groups in total. The summed E-state index contributed by atoms with van der Waals surface area (Å²) in [5.41, 5.74) is 9.07. The first-order valence-electron chi connectivity index (χ1n) is 16.7. The summed E-state index contributed by atoms with van der Waals surface area (Å²) < 4.78 is 15.8. The zero-order valence-corrected chi connectivity index (χ0v) is 29.5. The minimum atomic E-state index is -1.16. The van der Waals surface area contributed by atoms with Crippen molar-refractivity contribution in [2.24, 2.45) is 11.7 Å². The van der Waals surface area contributed by atoms with E-state index in [9.17, 15) is 28.8 Å². The van der Waals surface area contributed by atoms with Crippen LogP contribution in [0.4, 0.5) is 9.59 Å². The average molecular weight is 696 g/mol. The van der Waals surface area contributed by atoms with E-state index in [4.69, 9.17) is 19.9 Å². The largest absolute Gasteiger partial charge is 0.454 e. The molecule has 2 aromatic rings. The van der Waals surface area contributed by atoms with Crippen molar-refractivity contribution in [3.05, 3.63) is 59.7 Å². The van der Waals surface area contributed by atoms with E-state index in [1.54, 1.807) is 34.6 Å². The number of carbonyl (C=O) groups excluding carboxylic acids is 6. The van der Waals surface area contributed by atoms with Crippen LogP contribution in [0.5, 0.6) is 0 Å². The van der Waals surface area contributed by atoms with Gasteiger partial charge in [0.1, 0.15) is 30.3 Å². The van der Waals surface area contributed by atoms with Crippen molar-refractivity contribution in [1.82, 2.24) is 21.3 Å². The van der Waals surface area contributed by atoms with Crippen LogP contribution in [0, 0.1) is 5.92 Å². The summed E-state index contributed by atoms with van der Waals surface area (Å²) in [6.45, 7) is 9.74. The van der Waals surface area contributed by atoms with Gasteiger partial charge in [-0.25, -0.2) is 14.4 Å². The van der Waals surface area contributed by atoms with Crippen LogP contribution in [0.25, 0.3) is 11.1 Å². The number of fused-ring (bicyclic) bond motifs is 3. The predicted octanol–water partition coefficient (Wildman–Crippen LogP) is 3.26. The van der Waals surface area contributed by atoms with Gasteiger partial charge in [0.05, 0.1) is 0 Å². The highest BCUT2D eigenvalue weighted by Crippen LogP contribution is 2.44. The molecule has 3 rings (SSSR count). The van der Waals surface area contributed by atoms with Gasteiger partial charge in [-0.05, 0) is 75.1 Å². The molecule has 0 aliphatic heterocycles. The molecule has 14 heteroatoms. The Morgan fingerprint density at radius 1 is 0.800 bits per heavy atom. The number of benzene rings is 2. The quantitative estimate of drug-likeness (QED) is 0.0992. The van der Waals surface area contributed by atoms with Crippen molar-refractivity contribution < 1.29 is 43.0 Å². The average Bonchev–Trinajstić information content (AvgIpc) is 3.36. The molecule has 0 saturated heterocycles. The second-order valence-corrected chi connectivity index (χ2v) is 13.5. The molecule has 5 amide bonds. The molecule has 0 fully saturated rings. The summed E-state index contributed by atoms with van der Waals surface area (Å²) in [6.07, 6.45) is -0.191. The van der Waals surface area contributed by atoms with E-state index in [2.05, 4.69) is 21.3 Å². The van der Waals surface area contributed by atoms with Gasteiger partial charge in [0, 0.05) is 12.5 Å².